The van der Waals surface area contributed by atoms with Gasteiger partial charge in [0.2, 0.25) is 0 Å². The summed E-state index contributed by atoms with van der Waals surface area (Å²) in [6.07, 6.45) is 0.876. The Labute approximate surface area is 146 Å². The number of thioether (sulfide) groups is 1. The number of rotatable bonds is 4. The maximum Gasteiger partial charge on any atom is 0.166 e. The van der Waals surface area contributed by atoms with Crippen LogP contribution in [0.5, 0.6) is 0 Å². The molecule has 0 saturated heterocycles. The lowest BCUT2D eigenvalue weighted by Crippen LogP contribution is -1.90. The Balaban J connectivity index is 1.47. The van der Waals surface area contributed by atoms with E-state index in [9.17, 15) is 0 Å². The molecular weight excluding hydrogens is 351 g/mol. The van der Waals surface area contributed by atoms with Gasteiger partial charge >= 0.3 is 0 Å². The van der Waals surface area contributed by atoms with Crippen LogP contribution in [0, 0.1) is 0 Å². The molecule has 0 radical (unpaired) electrons. The Bertz CT molecular complexity index is 992. The van der Waals surface area contributed by atoms with Crippen molar-refractivity contribution in [3.63, 3.8) is 0 Å². The molecule has 0 bridgehead atoms. The zero-order valence-corrected chi connectivity index (χ0v) is 14.3. The molecule has 0 spiro atoms. The van der Waals surface area contributed by atoms with Crippen LogP contribution in [0.1, 0.15) is 5.69 Å². The summed E-state index contributed by atoms with van der Waals surface area (Å²) in [6.45, 7) is 0. The molecule has 116 valence electrons. The molecule has 0 aliphatic carbocycles. The fraction of sp³-hybridized carbons (Fsp3) is 0.125. The summed E-state index contributed by atoms with van der Waals surface area (Å²) in [7, 11) is 0. The molecule has 4 nitrogen and oxygen atoms in total. The summed E-state index contributed by atoms with van der Waals surface area (Å²) >= 11 is 13.7. The molecule has 2 heterocycles. The van der Waals surface area contributed by atoms with Crippen molar-refractivity contribution in [1.82, 2.24) is 20.2 Å². The van der Waals surface area contributed by atoms with Crippen molar-refractivity contribution in [1.29, 1.82) is 0 Å². The Morgan fingerprint density at radius 3 is 2.74 bits per heavy atom. The lowest BCUT2D eigenvalue weighted by atomic mass is 10.2. The minimum atomic E-state index is 0.700. The molecule has 2 aromatic heterocycles. The van der Waals surface area contributed by atoms with E-state index in [1.54, 1.807) is 11.8 Å². The number of nitrogens with one attached hydrogen (secondary N) is 2. The Hall–Kier alpha value is -1.69. The molecule has 0 amide bonds. The minimum absolute atomic E-state index is 0.700. The van der Waals surface area contributed by atoms with Crippen molar-refractivity contribution in [3.8, 4) is 0 Å². The Morgan fingerprint density at radius 2 is 1.83 bits per heavy atom. The predicted octanol–water partition coefficient (Wildman–Crippen LogP) is 5.08. The maximum atomic E-state index is 5.99. The summed E-state index contributed by atoms with van der Waals surface area (Å²) < 4.78 is 0. The number of fused-ring (bicyclic) bond motifs is 2. The van der Waals surface area contributed by atoms with Crippen molar-refractivity contribution in [2.75, 3.05) is 5.75 Å². The molecule has 4 aromatic rings. The number of imidazole rings is 1. The topological polar surface area (TPSA) is 57.4 Å². The number of halogens is 2. The SMILES string of the molecule is Clc1ccc2c(CCSc3nc4ccc(Cl)cc4[nH]3)[nH]nc2c1. The summed E-state index contributed by atoms with van der Waals surface area (Å²) in [6, 6.07) is 11.4. The van der Waals surface area contributed by atoms with Crippen LogP contribution in [0.2, 0.25) is 10.0 Å². The summed E-state index contributed by atoms with van der Waals surface area (Å²) in [5.41, 5.74) is 3.90. The van der Waals surface area contributed by atoms with E-state index < -0.39 is 0 Å². The van der Waals surface area contributed by atoms with Crippen LogP contribution in [0.15, 0.2) is 41.6 Å². The molecule has 0 aliphatic heterocycles. The number of nitrogens with zero attached hydrogens (tertiary/aromatic N) is 2. The highest BCUT2D eigenvalue weighted by Crippen LogP contribution is 2.25. The molecule has 0 saturated carbocycles. The lowest BCUT2D eigenvalue weighted by molar-refractivity contribution is 0.989. The van der Waals surface area contributed by atoms with Gasteiger partial charge in [0.1, 0.15) is 0 Å². The molecule has 4 rings (SSSR count). The van der Waals surface area contributed by atoms with Gasteiger partial charge in [0.05, 0.1) is 16.6 Å². The minimum Gasteiger partial charge on any atom is -0.333 e. The molecule has 0 aliphatic rings. The van der Waals surface area contributed by atoms with Gasteiger partial charge in [0.15, 0.2) is 5.16 Å². The standard InChI is InChI=1S/C16H12Cl2N4S/c17-9-1-3-11-12(21-22-14(11)7-9)5-6-23-16-19-13-4-2-10(18)8-15(13)20-16/h1-4,7-8H,5-6H2,(H,19,20)(H,21,22). The van der Waals surface area contributed by atoms with Gasteiger partial charge in [-0.2, -0.15) is 5.10 Å². The highest BCUT2D eigenvalue weighted by Gasteiger charge is 2.08. The van der Waals surface area contributed by atoms with Crippen LogP contribution < -0.4 is 0 Å². The molecule has 0 atom stereocenters. The Morgan fingerprint density at radius 1 is 1.00 bits per heavy atom. The first-order valence-corrected chi connectivity index (χ1v) is 8.84. The largest absolute Gasteiger partial charge is 0.333 e. The predicted molar refractivity (Wildman–Crippen MR) is 96.6 cm³/mol. The van der Waals surface area contributed by atoms with Crippen LogP contribution in [0.3, 0.4) is 0 Å². The highest BCUT2D eigenvalue weighted by molar-refractivity contribution is 7.99. The van der Waals surface area contributed by atoms with Crippen molar-refractivity contribution in [2.45, 2.75) is 11.6 Å². The summed E-state index contributed by atoms with van der Waals surface area (Å²) in [5, 5.41) is 10.8. The number of hydrogen-bond donors (Lipinski definition) is 2. The second-order valence-electron chi connectivity index (χ2n) is 5.17. The molecule has 2 aromatic carbocycles. The zero-order valence-electron chi connectivity index (χ0n) is 11.9. The van der Waals surface area contributed by atoms with Gasteiger partial charge in [-0.15, -0.1) is 0 Å². The molecule has 2 N–H and O–H groups in total. The third-order valence-corrected chi connectivity index (χ3v) is 4.95. The van der Waals surface area contributed by atoms with Gasteiger partial charge in [0, 0.05) is 26.9 Å². The number of aromatic nitrogens is 4. The average Bonchev–Trinajstić information content (AvgIpc) is 3.10. The van der Waals surface area contributed by atoms with Gasteiger partial charge in [-0.05, 0) is 42.8 Å². The number of benzene rings is 2. The van der Waals surface area contributed by atoms with Crippen LogP contribution in [0.4, 0.5) is 0 Å². The number of hydrogen-bond acceptors (Lipinski definition) is 3. The molecule has 0 fully saturated rings. The average molecular weight is 363 g/mol. The van der Waals surface area contributed by atoms with Crippen LogP contribution >= 0.6 is 35.0 Å². The summed E-state index contributed by atoms with van der Waals surface area (Å²) in [5.74, 6) is 0.896. The number of aryl methyl sites for hydroxylation is 1. The van der Waals surface area contributed by atoms with E-state index in [2.05, 4.69) is 20.2 Å². The normalized spacial score (nSPS) is 11.6. The van der Waals surface area contributed by atoms with E-state index >= 15 is 0 Å². The second kappa shape index (κ2) is 6.07. The molecule has 7 heteroatoms. The van der Waals surface area contributed by atoms with E-state index in [4.69, 9.17) is 23.2 Å². The van der Waals surface area contributed by atoms with Crippen molar-refractivity contribution in [2.24, 2.45) is 0 Å². The third kappa shape index (κ3) is 3.04. The highest BCUT2D eigenvalue weighted by atomic mass is 35.5. The van der Waals surface area contributed by atoms with Crippen LogP contribution in [-0.2, 0) is 6.42 Å². The van der Waals surface area contributed by atoms with Gasteiger partial charge in [0.25, 0.3) is 0 Å². The van der Waals surface area contributed by atoms with Gasteiger partial charge in [-0.1, -0.05) is 35.0 Å². The van der Waals surface area contributed by atoms with Crippen molar-refractivity contribution < 1.29 is 0 Å². The van der Waals surface area contributed by atoms with E-state index in [-0.39, 0.29) is 0 Å². The Kier molecular flexibility index (Phi) is 3.93. The lowest BCUT2D eigenvalue weighted by Gasteiger charge is -1.98. The van der Waals surface area contributed by atoms with E-state index in [0.717, 1.165) is 45.0 Å². The molecular formula is C16H12Cl2N4S. The van der Waals surface area contributed by atoms with Gasteiger partial charge < -0.3 is 4.98 Å². The smallest absolute Gasteiger partial charge is 0.166 e. The first-order chi connectivity index (χ1) is 11.2. The fourth-order valence-corrected chi connectivity index (χ4v) is 3.69. The monoisotopic (exact) mass is 362 g/mol. The van der Waals surface area contributed by atoms with Gasteiger partial charge in [-0.3, -0.25) is 5.10 Å². The number of aromatic amines is 2. The molecule has 0 unspecified atom stereocenters. The quantitative estimate of drug-likeness (QED) is 0.497. The van der Waals surface area contributed by atoms with E-state index in [1.165, 1.54) is 0 Å². The van der Waals surface area contributed by atoms with Gasteiger partial charge in [-0.25, -0.2) is 4.98 Å². The van der Waals surface area contributed by atoms with Crippen LogP contribution in [0.25, 0.3) is 21.9 Å². The zero-order chi connectivity index (χ0) is 15.8. The van der Waals surface area contributed by atoms with E-state index in [0.29, 0.717) is 10.0 Å². The third-order valence-electron chi connectivity index (χ3n) is 3.61. The van der Waals surface area contributed by atoms with Crippen molar-refractivity contribution in [3.05, 3.63) is 52.1 Å². The summed E-state index contributed by atoms with van der Waals surface area (Å²) in [4.78, 5) is 7.84. The maximum absolute atomic E-state index is 5.99. The number of H-pyrrole nitrogens is 2. The van der Waals surface area contributed by atoms with Crippen molar-refractivity contribution >= 4 is 56.9 Å². The second-order valence-corrected chi connectivity index (χ2v) is 7.12. The first kappa shape index (κ1) is 14.9. The van der Waals surface area contributed by atoms with E-state index in [1.807, 2.05) is 36.4 Å². The van der Waals surface area contributed by atoms with Crippen LogP contribution in [-0.4, -0.2) is 25.9 Å². The first-order valence-electron chi connectivity index (χ1n) is 7.09. The molecule has 23 heavy (non-hydrogen) atoms. The fourth-order valence-electron chi connectivity index (χ4n) is 2.51.